The van der Waals surface area contributed by atoms with Gasteiger partial charge in [0.25, 0.3) is 5.91 Å². The van der Waals surface area contributed by atoms with Crippen LogP contribution in [0.5, 0.6) is 0 Å². The van der Waals surface area contributed by atoms with Crippen LogP contribution in [-0.4, -0.2) is 40.0 Å². The van der Waals surface area contributed by atoms with E-state index in [9.17, 15) is 9.59 Å². The molecule has 2 amide bonds. The average Bonchev–Trinajstić information content (AvgIpc) is 3.04. The molecular weight excluding hydrogens is 328 g/mol. The predicted molar refractivity (Wildman–Crippen MR) is 91.5 cm³/mol. The summed E-state index contributed by atoms with van der Waals surface area (Å²) in [5.74, 6) is -0.0944. The number of hydrogen-bond donors (Lipinski definition) is 2. The van der Waals surface area contributed by atoms with Crippen molar-refractivity contribution in [3.63, 3.8) is 0 Å². The summed E-state index contributed by atoms with van der Waals surface area (Å²) >= 11 is 6.17. The molecule has 1 aliphatic rings. The van der Waals surface area contributed by atoms with E-state index in [0.717, 1.165) is 18.4 Å². The third-order valence-electron chi connectivity index (χ3n) is 4.35. The molecule has 0 bridgehead atoms. The first-order chi connectivity index (χ1) is 11.5. The van der Waals surface area contributed by atoms with E-state index in [2.05, 4.69) is 10.2 Å². The van der Waals surface area contributed by atoms with Crippen LogP contribution in [0.1, 0.15) is 29.8 Å². The molecular formula is C17H19ClN4O2. The van der Waals surface area contributed by atoms with Gasteiger partial charge < -0.3 is 10.6 Å². The molecule has 1 aromatic carbocycles. The number of H-pyrrole nitrogens is 1. The molecule has 24 heavy (non-hydrogen) atoms. The quantitative estimate of drug-likeness (QED) is 0.890. The first-order valence-electron chi connectivity index (χ1n) is 7.92. The maximum atomic E-state index is 12.6. The average molecular weight is 347 g/mol. The fourth-order valence-electron chi connectivity index (χ4n) is 3.03. The number of carbonyl (C=O) groups is 2. The predicted octanol–water partition coefficient (Wildman–Crippen LogP) is 2.46. The zero-order valence-electron chi connectivity index (χ0n) is 13.2. The highest BCUT2D eigenvalue weighted by atomic mass is 35.5. The number of aromatic amines is 1. The van der Waals surface area contributed by atoms with Crippen LogP contribution < -0.4 is 5.73 Å². The number of primary amides is 1. The Labute approximate surface area is 145 Å². The van der Waals surface area contributed by atoms with Crippen molar-refractivity contribution < 1.29 is 9.59 Å². The molecule has 1 aliphatic heterocycles. The minimum atomic E-state index is -0.280. The minimum Gasteiger partial charge on any atom is -0.370 e. The number of aromatic nitrogens is 2. The van der Waals surface area contributed by atoms with Gasteiger partial charge in [-0.1, -0.05) is 29.8 Å². The van der Waals surface area contributed by atoms with Gasteiger partial charge in [-0.05, 0) is 30.9 Å². The number of rotatable bonds is 4. The zero-order chi connectivity index (χ0) is 17.1. The first kappa shape index (κ1) is 16.5. The van der Waals surface area contributed by atoms with Crippen LogP contribution in [0.15, 0.2) is 30.3 Å². The summed E-state index contributed by atoms with van der Waals surface area (Å²) in [6.45, 7) is 1.24. The van der Waals surface area contributed by atoms with Gasteiger partial charge in [0.15, 0.2) is 0 Å². The zero-order valence-corrected chi connectivity index (χ0v) is 13.9. The number of nitrogens with one attached hydrogen (secondary N) is 1. The molecule has 0 radical (unpaired) electrons. The largest absolute Gasteiger partial charge is 0.370 e. The maximum Gasteiger partial charge on any atom is 0.271 e. The first-order valence-corrected chi connectivity index (χ1v) is 8.30. The molecule has 0 spiro atoms. The molecule has 2 heterocycles. The fraction of sp³-hybridized carbons (Fsp3) is 0.353. The van der Waals surface area contributed by atoms with Crippen molar-refractivity contribution in [3.05, 3.63) is 41.0 Å². The van der Waals surface area contributed by atoms with E-state index in [1.807, 2.05) is 18.2 Å². The monoisotopic (exact) mass is 346 g/mol. The van der Waals surface area contributed by atoms with Crippen LogP contribution in [0.25, 0.3) is 11.3 Å². The molecule has 2 aromatic rings. The highest BCUT2D eigenvalue weighted by Gasteiger charge is 2.25. The van der Waals surface area contributed by atoms with Gasteiger partial charge >= 0.3 is 0 Å². The van der Waals surface area contributed by atoms with Gasteiger partial charge in [0.05, 0.1) is 10.7 Å². The van der Waals surface area contributed by atoms with E-state index in [1.54, 1.807) is 17.0 Å². The highest BCUT2D eigenvalue weighted by Crippen LogP contribution is 2.27. The van der Waals surface area contributed by atoms with Crippen LogP contribution in [0.2, 0.25) is 5.02 Å². The molecule has 1 saturated heterocycles. The number of nitrogens with two attached hydrogens (primary N) is 1. The summed E-state index contributed by atoms with van der Waals surface area (Å²) in [5, 5.41) is 7.59. The lowest BCUT2D eigenvalue weighted by atomic mass is 9.93. The topological polar surface area (TPSA) is 92.1 Å². The lowest BCUT2D eigenvalue weighted by Crippen LogP contribution is -2.39. The Morgan fingerprint density at radius 2 is 2.00 bits per heavy atom. The number of nitrogens with zero attached hydrogens (tertiary/aromatic N) is 2. The Balaban J connectivity index is 1.67. The van der Waals surface area contributed by atoms with E-state index in [4.69, 9.17) is 17.3 Å². The van der Waals surface area contributed by atoms with Crippen LogP contribution >= 0.6 is 11.6 Å². The number of carbonyl (C=O) groups excluding carboxylic acids is 2. The van der Waals surface area contributed by atoms with Gasteiger partial charge in [0.1, 0.15) is 5.69 Å². The Bertz CT molecular complexity index is 751. The summed E-state index contributed by atoms with van der Waals surface area (Å²) in [6.07, 6.45) is 1.98. The summed E-state index contributed by atoms with van der Waals surface area (Å²) in [5.41, 5.74) is 7.11. The molecule has 7 heteroatoms. The third-order valence-corrected chi connectivity index (χ3v) is 4.68. The van der Waals surface area contributed by atoms with Crippen molar-refractivity contribution in [2.75, 3.05) is 13.1 Å². The molecule has 6 nitrogen and oxygen atoms in total. The number of amides is 2. The standard InChI is InChI=1S/C17H19ClN4O2/c18-13-4-2-1-3-12(13)14-10-15(21-20-14)17(24)22-7-5-11(6-8-22)9-16(19)23/h1-4,10-11H,5-9H2,(H2,19,23)(H,20,21). The number of hydrogen-bond acceptors (Lipinski definition) is 3. The Kier molecular flexibility index (Phi) is 4.85. The Morgan fingerprint density at radius 3 is 2.67 bits per heavy atom. The second-order valence-corrected chi connectivity index (χ2v) is 6.46. The fourth-order valence-corrected chi connectivity index (χ4v) is 3.27. The molecule has 1 aromatic heterocycles. The molecule has 126 valence electrons. The van der Waals surface area contributed by atoms with Gasteiger partial charge in [-0.25, -0.2) is 0 Å². The van der Waals surface area contributed by atoms with Crippen LogP contribution in [0, 0.1) is 5.92 Å². The van der Waals surface area contributed by atoms with Gasteiger partial charge in [-0.3, -0.25) is 14.7 Å². The van der Waals surface area contributed by atoms with E-state index >= 15 is 0 Å². The van der Waals surface area contributed by atoms with Gasteiger partial charge in [-0.15, -0.1) is 0 Å². The van der Waals surface area contributed by atoms with Crippen molar-refractivity contribution >= 4 is 23.4 Å². The summed E-state index contributed by atoms with van der Waals surface area (Å²) in [6, 6.07) is 9.10. The van der Waals surface area contributed by atoms with Gasteiger partial charge in [-0.2, -0.15) is 5.10 Å². The van der Waals surface area contributed by atoms with Crippen molar-refractivity contribution in [1.29, 1.82) is 0 Å². The molecule has 3 rings (SSSR count). The van der Waals surface area contributed by atoms with Crippen molar-refractivity contribution in [2.24, 2.45) is 11.7 Å². The number of piperidine rings is 1. The SMILES string of the molecule is NC(=O)CC1CCN(C(=O)c2cc(-c3ccccc3Cl)n[nH]2)CC1. The van der Waals surface area contributed by atoms with Crippen LogP contribution in [0.3, 0.4) is 0 Å². The Hall–Kier alpha value is -2.34. The van der Waals surface area contributed by atoms with Crippen LogP contribution in [-0.2, 0) is 4.79 Å². The van der Waals surface area contributed by atoms with E-state index < -0.39 is 0 Å². The Morgan fingerprint density at radius 1 is 1.29 bits per heavy atom. The van der Waals surface area contributed by atoms with Crippen molar-refractivity contribution in [2.45, 2.75) is 19.3 Å². The number of benzene rings is 1. The molecule has 0 aliphatic carbocycles. The number of halogens is 1. The van der Waals surface area contributed by atoms with Crippen molar-refractivity contribution in [3.8, 4) is 11.3 Å². The molecule has 0 saturated carbocycles. The number of likely N-dealkylation sites (tertiary alicyclic amines) is 1. The van der Waals surface area contributed by atoms with Gasteiger partial charge in [0, 0.05) is 25.1 Å². The van der Waals surface area contributed by atoms with E-state index in [-0.39, 0.29) is 17.7 Å². The normalized spacial score (nSPS) is 15.5. The van der Waals surface area contributed by atoms with Gasteiger partial charge in [0.2, 0.25) is 5.91 Å². The lowest BCUT2D eigenvalue weighted by molar-refractivity contribution is -0.119. The molecule has 1 fully saturated rings. The molecule has 0 atom stereocenters. The van der Waals surface area contributed by atoms with E-state index in [1.165, 1.54) is 0 Å². The molecule has 3 N–H and O–H groups in total. The second-order valence-electron chi connectivity index (χ2n) is 6.05. The summed E-state index contributed by atoms with van der Waals surface area (Å²) in [7, 11) is 0. The minimum absolute atomic E-state index is 0.0849. The summed E-state index contributed by atoms with van der Waals surface area (Å²) in [4.78, 5) is 25.4. The highest BCUT2D eigenvalue weighted by molar-refractivity contribution is 6.33. The smallest absolute Gasteiger partial charge is 0.271 e. The van der Waals surface area contributed by atoms with E-state index in [0.29, 0.717) is 35.9 Å². The second kappa shape index (κ2) is 7.05. The lowest BCUT2D eigenvalue weighted by Gasteiger charge is -2.31. The van der Waals surface area contributed by atoms with Crippen LogP contribution in [0.4, 0.5) is 0 Å². The van der Waals surface area contributed by atoms with Crippen molar-refractivity contribution in [1.82, 2.24) is 15.1 Å². The molecule has 0 unspecified atom stereocenters. The maximum absolute atomic E-state index is 12.6. The third kappa shape index (κ3) is 3.59. The summed E-state index contributed by atoms with van der Waals surface area (Å²) < 4.78 is 0.